The second kappa shape index (κ2) is 9.23. The molecular weight excluding hydrogens is 426 g/mol. The maximum absolute atomic E-state index is 12.8. The van der Waals surface area contributed by atoms with Crippen LogP contribution in [-0.2, 0) is 16.2 Å². The number of benzene rings is 3. The normalized spacial score (nSPS) is 14.3. The van der Waals surface area contributed by atoms with Crippen molar-refractivity contribution in [1.29, 1.82) is 0 Å². The number of para-hydroxylation sites is 2. The summed E-state index contributed by atoms with van der Waals surface area (Å²) < 4.78 is 11.1. The number of hydrazine groups is 1. The molecule has 0 bridgehead atoms. The first kappa shape index (κ1) is 21.6. The number of rotatable bonds is 7. The molecule has 0 spiro atoms. The lowest BCUT2D eigenvalue weighted by Crippen LogP contribution is -2.35. The summed E-state index contributed by atoms with van der Waals surface area (Å²) in [7, 11) is 1.45. The zero-order valence-electron chi connectivity index (χ0n) is 17.6. The quantitative estimate of drug-likeness (QED) is 0.257. The van der Waals surface area contributed by atoms with Crippen molar-refractivity contribution in [2.45, 2.75) is 6.61 Å². The lowest BCUT2D eigenvalue weighted by Gasteiger charge is -2.14. The number of amides is 2. The highest BCUT2D eigenvalue weighted by molar-refractivity contribution is 6.31. The van der Waals surface area contributed by atoms with Crippen LogP contribution in [0.2, 0.25) is 0 Å². The van der Waals surface area contributed by atoms with Crippen molar-refractivity contribution < 1.29 is 24.0 Å². The number of carbonyl (C=O) groups is 2. The van der Waals surface area contributed by atoms with Crippen molar-refractivity contribution in [1.82, 2.24) is 5.43 Å². The van der Waals surface area contributed by atoms with Gasteiger partial charge in [0.2, 0.25) is 0 Å². The highest BCUT2D eigenvalue weighted by atomic mass is 16.6. The first-order chi connectivity index (χ1) is 16.0. The van der Waals surface area contributed by atoms with E-state index in [0.29, 0.717) is 28.3 Å². The van der Waals surface area contributed by atoms with Crippen molar-refractivity contribution in [2.24, 2.45) is 0 Å². The topological polar surface area (TPSA) is 111 Å². The molecule has 166 valence electrons. The Bertz CT molecular complexity index is 1260. The van der Waals surface area contributed by atoms with Gasteiger partial charge in [-0.1, -0.05) is 36.4 Å². The van der Waals surface area contributed by atoms with Gasteiger partial charge in [-0.15, -0.1) is 0 Å². The smallest absolute Gasteiger partial charge is 0.282 e. The third-order valence-electron chi connectivity index (χ3n) is 4.98. The summed E-state index contributed by atoms with van der Waals surface area (Å²) in [6.07, 6.45) is 1.47. The maximum Gasteiger partial charge on any atom is 0.282 e. The summed E-state index contributed by atoms with van der Waals surface area (Å²) in [5, 5.41) is 12.4. The molecule has 0 aromatic heterocycles. The van der Waals surface area contributed by atoms with E-state index in [4.69, 9.17) is 9.47 Å². The Morgan fingerprint density at radius 2 is 1.73 bits per heavy atom. The molecule has 0 unspecified atom stereocenters. The fourth-order valence-electron chi connectivity index (χ4n) is 3.34. The van der Waals surface area contributed by atoms with Crippen LogP contribution in [0.25, 0.3) is 6.08 Å². The van der Waals surface area contributed by atoms with E-state index in [1.807, 2.05) is 6.07 Å². The predicted molar refractivity (Wildman–Crippen MR) is 120 cm³/mol. The van der Waals surface area contributed by atoms with Crippen molar-refractivity contribution in [3.8, 4) is 11.5 Å². The standard InChI is InChI=1S/C24H19N3O6/c1-32-22-14-16(11-12-21(22)33-15-17-7-5-6-10-20(17)27(30)31)13-19-23(28)25-26(24(19)29)18-8-3-2-4-9-18/h2-14H,15H2,1H3,(H,25,28)/b19-13+. The first-order valence-electron chi connectivity index (χ1n) is 9.93. The Morgan fingerprint density at radius 1 is 1.00 bits per heavy atom. The minimum absolute atomic E-state index is 0.0190. The van der Waals surface area contributed by atoms with Crippen LogP contribution in [0.15, 0.2) is 78.4 Å². The van der Waals surface area contributed by atoms with Gasteiger partial charge in [-0.25, -0.2) is 5.01 Å². The lowest BCUT2D eigenvalue weighted by atomic mass is 10.1. The molecule has 1 aliphatic heterocycles. The van der Waals surface area contributed by atoms with Gasteiger partial charge in [-0.05, 0) is 42.0 Å². The van der Waals surface area contributed by atoms with Crippen LogP contribution in [0.3, 0.4) is 0 Å². The van der Waals surface area contributed by atoms with Gasteiger partial charge in [-0.3, -0.25) is 25.1 Å². The average molecular weight is 445 g/mol. The van der Waals surface area contributed by atoms with Crippen molar-refractivity contribution >= 4 is 29.3 Å². The molecule has 0 saturated carbocycles. The van der Waals surface area contributed by atoms with Crippen LogP contribution in [0, 0.1) is 10.1 Å². The molecule has 9 heteroatoms. The van der Waals surface area contributed by atoms with Crippen LogP contribution < -0.4 is 19.9 Å². The fourth-order valence-corrected chi connectivity index (χ4v) is 3.34. The minimum Gasteiger partial charge on any atom is -0.493 e. The average Bonchev–Trinajstić information content (AvgIpc) is 3.12. The molecule has 4 rings (SSSR count). The molecule has 1 heterocycles. The Hall–Kier alpha value is -4.66. The number of methoxy groups -OCH3 is 1. The summed E-state index contributed by atoms with van der Waals surface area (Å²) in [5.74, 6) is -0.263. The van der Waals surface area contributed by atoms with E-state index in [2.05, 4.69) is 5.43 Å². The number of anilines is 1. The summed E-state index contributed by atoms with van der Waals surface area (Å²) in [6.45, 7) is -0.0269. The van der Waals surface area contributed by atoms with E-state index in [-0.39, 0.29) is 17.9 Å². The first-order valence-corrected chi connectivity index (χ1v) is 9.93. The number of nitrogens with zero attached hydrogens (tertiary/aromatic N) is 2. The van der Waals surface area contributed by atoms with Crippen LogP contribution in [0.5, 0.6) is 11.5 Å². The van der Waals surface area contributed by atoms with E-state index >= 15 is 0 Å². The van der Waals surface area contributed by atoms with Crippen LogP contribution in [0.4, 0.5) is 11.4 Å². The molecule has 1 aliphatic rings. The van der Waals surface area contributed by atoms with Gasteiger partial charge < -0.3 is 9.47 Å². The Kier molecular flexibility index (Phi) is 6.03. The summed E-state index contributed by atoms with van der Waals surface area (Å²) >= 11 is 0. The second-order valence-corrected chi connectivity index (χ2v) is 7.06. The second-order valence-electron chi connectivity index (χ2n) is 7.06. The van der Waals surface area contributed by atoms with Crippen LogP contribution in [0.1, 0.15) is 11.1 Å². The van der Waals surface area contributed by atoms with E-state index in [9.17, 15) is 19.7 Å². The van der Waals surface area contributed by atoms with Gasteiger partial charge in [-0.2, -0.15) is 0 Å². The molecule has 9 nitrogen and oxygen atoms in total. The van der Waals surface area contributed by atoms with Crippen LogP contribution >= 0.6 is 0 Å². The molecule has 3 aromatic carbocycles. The molecule has 0 atom stereocenters. The Morgan fingerprint density at radius 3 is 2.45 bits per heavy atom. The van der Waals surface area contributed by atoms with Crippen molar-refractivity contribution in [3.63, 3.8) is 0 Å². The summed E-state index contributed by atoms with van der Waals surface area (Å²) in [6, 6.07) is 20.0. The Labute approximate surface area is 189 Å². The number of hydrogen-bond acceptors (Lipinski definition) is 6. The minimum atomic E-state index is -0.514. The van der Waals surface area contributed by atoms with Crippen molar-refractivity contribution in [3.05, 3.63) is 99.6 Å². The van der Waals surface area contributed by atoms with E-state index < -0.39 is 16.7 Å². The maximum atomic E-state index is 12.8. The molecular formula is C24H19N3O6. The highest BCUT2D eigenvalue weighted by Gasteiger charge is 2.34. The number of nitro benzene ring substituents is 1. The number of hydrogen-bond donors (Lipinski definition) is 1. The lowest BCUT2D eigenvalue weighted by molar-refractivity contribution is -0.385. The predicted octanol–water partition coefficient (Wildman–Crippen LogP) is 3.64. The monoisotopic (exact) mass is 445 g/mol. The molecule has 2 amide bonds. The number of nitrogens with one attached hydrogen (secondary N) is 1. The van der Waals surface area contributed by atoms with Gasteiger partial charge in [0.05, 0.1) is 23.3 Å². The Balaban J connectivity index is 1.55. The van der Waals surface area contributed by atoms with Crippen LogP contribution in [-0.4, -0.2) is 23.8 Å². The van der Waals surface area contributed by atoms with Gasteiger partial charge in [0, 0.05) is 6.07 Å². The number of carbonyl (C=O) groups excluding carboxylic acids is 2. The molecule has 0 radical (unpaired) electrons. The molecule has 1 fully saturated rings. The van der Waals surface area contributed by atoms with Gasteiger partial charge in [0.15, 0.2) is 11.5 Å². The highest BCUT2D eigenvalue weighted by Crippen LogP contribution is 2.31. The van der Waals surface area contributed by atoms with E-state index in [1.54, 1.807) is 60.7 Å². The molecule has 1 saturated heterocycles. The largest absolute Gasteiger partial charge is 0.493 e. The number of nitro groups is 1. The third kappa shape index (κ3) is 4.52. The molecule has 1 N–H and O–H groups in total. The SMILES string of the molecule is COc1cc(/C=C2\C(=O)NN(c3ccccc3)C2=O)ccc1OCc1ccccc1[N+](=O)[O-]. The number of ether oxygens (including phenoxy) is 2. The van der Waals surface area contributed by atoms with Gasteiger partial charge in [0.1, 0.15) is 12.2 Å². The zero-order chi connectivity index (χ0) is 23.4. The fraction of sp³-hybridized carbons (Fsp3) is 0.0833. The molecule has 3 aromatic rings. The summed E-state index contributed by atoms with van der Waals surface area (Å²) in [5.41, 5.74) is 4.02. The third-order valence-corrected chi connectivity index (χ3v) is 4.98. The zero-order valence-corrected chi connectivity index (χ0v) is 17.6. The van der Waals surface area contributed by atoms with E-state index in [1.165, 1.54) is 24.3 Å². The summed E-state index contributed by atoms with van der Waals surface area (Å²) in [4.78, 5) is 35.9. The van der Waals surface area contributed by atoms with Gasteiger partial charge in [0.25, 0.3) is 17.5 Å². The molecule has 0 aliphatic carbocycles. The van der Waals surface area contributed by atoms with Crippen molar-refractivity contribution in [2.75, 3.05) is 12.1 Å². The van der Waals surface area contributed by atoms with Gasteiger partial charge >= 0.3 is 0 Å². The van der Waals surface area contributed by atoms with E-state index in [0.717, 1.165) is 0 Å². The molecule has 33 heavy (non-hydrogen) atoms.